The van der Waals surface area contributed by atoms with Gasteiger partial charge in [-0.2, -0.15) is 0 Å². The summed E-state index contributed by atoms with van der Waals surface area (Å²) < 4.78 is 19.3. The maximum absolute atomic E-state index is 14.1. The van der Waals surface area contributed by atoms with Gasteiger partial charge >= 0.3 is 17.9 Å². The second-order valence-electron chi connectivity index (χ2n) is 11.8. The molecule has 3 heterocycles. The summed E-state index contributed by atoms with van der Waals surface area (Å²) in [5.74, 6) is -4.58. The molecule has 0 spiro atoms. The number of nitro groups is 1. The fraction of sp³-hybridized carbons (Fsp3) is 0.132. The molecule has 264 valence electrons. The lowest BCUT2D eigenvalue weighted by Crippen LogP contribution is -2.39. The molecule has 1 saturated heterocycles. The Balaban J connectivity index is 1.36. The van der Waals surface area contributed by atoms with E-state index in [2.05, 4.69) is 15.0 Å². The minimum absolute atomic E-state index is 0.0922. The van der Waals surface area contributed by atoms with Gasteiger partial charge in [-0.15, -0.1) is 0 Å². The summed E-state index contributed by atoms with van der Waals surface area (Å²) in [6, 6.07) is 32.0. The minimum Gasteiger partial charge on any atom is -0.452 e. The van der Waals surface area contributed by atoms with Gasteiger partial charge < -0.3 is 24.3 Å². The topological polar surface area (TPSA) is 186 Å². The third-order valence-electron chi connectivity index (χ3n) is 8.41. The largest absolute Gasteiger partial charge is 0.473 e. The number of rotatable bonds is 9. The van der Waals surface area contributed by atoms with Crippen LogP contribution in [0.2, 0.25) is 0 Å². The molecule has 15 nitrogen and oxygen atoms in total. The number of carbonyl (C=O) groups is 4. The molecule has 1 aliphatic heterocycles. The Morgan fingerprint density at radius 3 is 1.62 bits per heavy atom. The lowest BCUT2D eigenvalue weighted by atomic mass is 10.1. The van der Waals surface area contributed by atoms with Crippen LogP contribution >= 0.6 is 0 Å². The number of benzene rings is 4. The summed E-state index contributed by atoms with van der Waals surface area (Å²) in [6.07, 6.45) is -3.52. The predicted octanol–water partition coefficient (Wildman–Crippen LogP) is 5.59. The van der Waals surface area contributed by atoms with Gasteiger partial charge in [0.2, 0.25) is 5.65 Å². The van der Waals surface area contributed by atoms with E-state index in [1.165, 1.54) is 35.2 Å². The van der Waals surface area contributed by atoms with Crippen LogP contribution < -0.4 is 4.90 Å². The fourth-order valence-corrected chi connectivity index (χ4v) is 5.87. The summed E-state index contributed by atoms with van der Waals surface area (Å²) in [7, 11) is 0. The molecule has 53 heavy (non-hydrogen) atoms. The highest BCUT2D eigenvalue weighted by molar-refractivity contribution is 6.27. The van der Waals surface area contributed by atoms with Gasteiger partial charge in [0.15, 0.2) is 24.0 Å². The van der Waals surface area contributed by atoms with Crippen LogP contribution in [0.5, 0.6) is 0 Å². The Labute approximate surface area is 300 Å². The first-order valence-corrected chi connectivity index (χ1v) is 16.3. The first kappa shape index (κ1) is 34.3. The number of aromatic nitrogens is 4. The highest BCUT2D eigenvalue weighted by atomic mass is 16.6. The van der Waals surface area contributed by atoms with Crippen LogP contribution in [0.25, 0.3) is 11.2 Å². The highest BCUT2D eigenvalue weighted by Gasteiger charge is 2.50. The monoisotopic (exact) mass is 712 g/mol. The zero-order valence-corrected chi connectivity index (χ0v) is 27.8. The van der Waals surface area contributed by atoms with Crippen molar-refractivity contribution < 1.29 is 38.3 Å². The van der Waals surface area contributed by atoms with Crippen molar-refractivity contribution in [1.82, 2.24) is 19.5 Å². The third kappa shape index (κ3) is 6.83. The summed E-state index contributed by atoms with van der Waals surface area (Å²) in [4.78, 5) is 79.5. The van der Waals surface area contributed by atoms with Gasteiger partial charge in [0.05, 0.1) is 17.2 Å². The van der Waals surface area contributed by atoms with Crippen molar-refractivity contribution in [3.05, 3.63) is 160 Å². The molecule has 4 atom stereocenters. The van der Waals surface area contributed by atoms with Crippen molar-refractivity contribution in [3.63, 3.8) is 0 Å². The van der Waals surface area contributed by atoms with Crippen LogP contribution in [-0.2, 0) is 14.2 Å². The van der Waals surface area contributed by atoms with Crippen molar-refractivity contribution in [1.29, 1.82) is 0 Å². The van der Waals surface area contributed by atoms with Gasteiger partial charge in [0.1, 0.15) is 6.33 Å². The van der Waals surface area contributed by atoms with Crippen LogP contribution in [0.1, 0.15) is 54.6 Å². The molecule has 1 fully saturated rings. The summed E-state index contributed by atoms with van der Waals surface area (Å²) in [5, 5.41) is 12.3. The van der Waals surface area contributed by atoms with Gasteiger partial charge in [-0.1, -0.05) is 72.8 Å². The first-order valence-electron chi connectivity index (χ1n) is 16.3. The Morgan fingerprint density at radius 2 is 1.15 bits per heavy atom. The van der Waals surface area contributed by atoms with Crippen LogP contribution in [0, 0.1) is 10.1 Å². The molecule has 2 aromatic heterocycles. The Kier molecular flexibility index (Phi) is 9.46. The molecule has 7 rings (SSSR count). The van der Waals surface area contributed by atoms with Crippen molar-refractivity contribution >= 4 is 46.7 Å². The lowest BCUT2D eigenvalue weighted by Gasteiger charge is -2.24. The summed E-state index contributed by atoms with van der Waals surface area (Å²) in [5.41, 5.74) is 0.205. The summed E-state index contributed by atoms with van der Waals surface area (Å²) in [6.45, 7) is 1.60. The van der Waals surface area contributed by atoms with Gasteiger partial charge in [-0.05, 0) is 70.3 Å². The molecule has 0 radical (unpaired) electrons. The van der Waals surface area contributed by atoms with E-state index in [4.69, 9.17) is 14.2 Å². The number of hydrogen-bond donors (Lipinski definition) is 0. The number of nitrogens with zero attached hydrogens (tertiary/aromatic N) is 6. The van der Waals surface area contributed by atoms with E-state index in [1.807, 2.05) is 0 Å². The van der Waals surface area contributed by atoms with Crippen molar-refractivity contribution in [3.8, 4) is 0 Å². The number of imide groups is 1. The maximum atomic E-state index is 14.1. The quantitative estimate of drug-likeness (QED) is 0.0784. The number of anilines is 1. The van der Waals surface area contributed by atoms with Gasteiger partial charge in [0, 0.05) is 11.1 Å². The van der Waals surface area contributed by atoms with Gasteiger partial charge in [-0.25, -0.2) is 19.5 Å². The number of ether oxygens (including phenoxy) is 3. The van der Waals surface area contributed by atoms with E-state index in [-0.39, 0.29) is 33.4 Å². The predicted molar refractivity (Wildman–Crippen MR) is 187 cm³/mol. The minimum atomic E-state index is -1.34. The van der Waals surface area contributed by atoms with Crippen LogP contribution in [-0.4, -0.2) is 66.5 Å². The molecule has 15 heteroatoms. The normalized spacial score (nSPS) is 17.9. The van der Waals surface area contributed by atoms with Crippen molar-refractivity contribution in [2.24, 2.45) is 0 Å². The molecule has 0 bridgehead atoms. The molecular formula is C38H28N6O9. The number of fused-ring (bicyclic) bond motifs is 1. The maximum Gasteiger partial charge on any atom is 0.473 e. The van der Waals surface area contributed by atoms with E-state index in [9.17, 15) is 29.3 Å². The van der Waals surface area contributed by atoms with Crippen molar-refractivity contribution in [2.45, 2.75) is 31.5 Å². The molecule has 2 amide bonds. The number of amides is 2. The number of carbonyl (C=O) groups excluding carboxylic acids is 4. The SMILES string of the molecule is C[C@H]1O[C@@H](n2cnc3c(N(C(=O)c4ccccc4)C(=O)c4ccccc4)nc([N+](=O)[O-])nc32)[C@@H](OC(=O)c2ccccc2)[C@@H]1OC(=O)c1ccccc1. The molecule has 0 N–H and O–H groups in total. The van der Waals surface area contributed by atoms with E-state index in [1.54, 1.807) is 104 Å². The standard InChI is InChI=1S/C38H28N6O9/c1-23-29(52-36(47)26-18-10-4-11-19-26)30(53-37(48)27-20-12-5-13-21-27)35(51-23)42-22-39-28-31(42)40-38(44(49)50)41-32(28)43(33(45)24-14-6-2-7-15-24)34(46)25-16-8-3-9-17-25/h2-23,29-30,35H,1H3/t23-,29-,30+,35-/m1/s1. The van der Waals surface area contributed by atoms with Crippen molar-refractivity contribution in [2.75, 3.05) is 4.90 Å². The van der Waals surface area contributed by atoms with Gasteiger partial charge in [0.25, 0.3) is 17.6 Å². The first-order chi connectivity index (χ1) is 25.7. The smallest absolute Gasteiger partial charge is 0.452 e. The van der Waals surface area contributed by atoms with E-state index >= 15 is 0 Å². The average molecular weight is 713 g/mol. The number of hydrogen-bond acceptors (Lipinski definition) is 12. The molecule has 0 unspecified atom stereocenters. The van der Waals surface area contributed by atoms with E-state index < -0.39 is 65.0 Å². The van der Waals surface area contributed by atoms with Gasteiger partial charge in [-0.3, -0.25) is 14.2 Å². The third-order valence-corrected chi connectivity index (χ3v) is 8.41. The zero-order valence-electron chi connectivity index (χ0n) is 27.8. The van der Waals surface area contributed by atoms with Crippen LogP contribution in [0.3, 0.4) is 0 Å². The molecule has 6 aromatic rings. The van der Waals surface area contributed by atoms with Crippen LogP contribution in [0.4, 0.5) is 11.8 Å². The second kappa shape index (κ2) is 14.6. The van der Waals surface area contributed by atoms with E-state index in [0.29, 0.717) is 4.90 Å². The fourth-order valence-electron chi connectivity index (χ4n) is 5.87. The average Bonchev–Trinajstić information content (AvgIpc) is 3.76. The number of esters is 2. The summed E-state index contributed by atoms with van der Waals surface area (Å²) >= 11 is 0. The Hall–Kier alpha value is -7.13. The Morgan fingerprint density at radius 1 is 0.698 bits per heavy atom. The highest BCUT2D eigenvalue weighted by Crippen LogP contribution is 2.38. The molecule has 4 aromatic carbocycles. The number of imidazole rings is 1. The molecule has 0 aliphatic carbocycles. The second-order valence-corrected chi connectivity index (χ2v) is 11.8. The lowest BCUT2D eigenvalue weighted by molar-refractivity contribution is -0.394. The molecular weight excluding hydrogens is 684 g/mol. The zero-order chi connectivity index (χ0) is 37.1. The molecule has 0 saturated carbocycles. The van der Waals surface area contributed by atoms with Crippen LogP contribution in [0.15, 0.2) is 128 Å². The molecule has 1 aliphatic rings. The van der Waals surface area contributed by atoms with E-state index in [0.717, 1.165) is 0 Å². The Bertz CT molecular complexity index is 2270.